The molecule has 0 radical (unpaired) electrons. The lowest BCUT2D eigenvalue weighted by Crippen LogP contribution is -2.14. The van der Waals surface area contributed by atoms with Gasteiger partial charge in [0.1, 0.15) is 0 Å². The van der Waals surface area contributed by atoms with Crippen LogP contribution in [0.2, 0.25) is 0 Å². The summed E-state index contributed by atoms with van der Waals surface area (Å²) in [6.45, 7) is 2.11. The molecule has 68 valence electrons. The van der Waals surface area contributed by atoms with Crippen molar-refractivity contribution in [1.82, 2.24) is 0 Å². The Kier molecular flexibility index (Phi) is 2.05. The van der Waals surface area contributed by atoms with Crippen LogP contribution < -0.4 is 5.32 Å². The van der Waals surface area contributed by atoms with Crippen molar-refractivity contribution in [2.45, 2.75) is 13.3 Å². The fourth-order valence-corrected chi connectivity index (χ4v) is 1.44. The smallest absolute Gasteiger partial charge is 0.227 e. The second-order valence-electron chi connectivity index (χ2n) is 3.67. The van der Waals surface area contributed by atoms with Crippen molar-refractivity contribution in [3.63, 3.8) is 0 Å². The predicted octanol–water partition coefficient (Wildman–Crippen LogP) is 2.28. The maximum Gasteiger partial charge on any atom is 0.227 e. The summed E-state index contributed by atoms with van der Waals surface area (Å²) in [5.41, 5.74) is 0.895. The first-order valence-corrected chi connectivity index (χ1v) is 4.63. The summed E-state index contributed by atoms with van der Waals surface area (Å²) in [5.74, 6) is 0.989. The van der Waals surface area contributed by atoms with Crippen LogP contribution in [0.5, 0.6) is 0 Å². The first kappa shape index (κ1) is 8.30. The molecule has 1 fully saturated rings. The molecule has 2 heteroatoms. The van der Waals surface area contributed by atoms with Gasteiger partial charge in [-0.05, 0) is 24.5 Å². The molecule has 1 aromatic carbocycles. The zero-order valence-electron chi connectivity index (χ0n) is 7.66. The third-order valence-corrected chi connectivity index (χ3v) is 2.49. The van der Waals surface area contributed by atoms with E-state index in [0.29, 0.717) is 5.92 Å². The van der Waals surface area contributed by atoms with E-state index in [1.54, 1.807) is 0 Å². The number of amides is 1. The Labute approximate surface area is 78.0 Å². The van der Waals surface area contributed by atoms with Crippen LogP contribution in [-0.4, -0.2) is 5.91 Å². The Bertz CT molecular complexity index is 307. The second-order valence-corrected chi connectivity index (χ2v) is 3.67. The summed E-state index contributed by atoms with van der Waals surface area (Å²) in [5, 5.41) is 2.90. The molecule has 0 unspecified atom stereocenters. The molecule has 2 atom stereocenters. The standard InChI is InChI=1S/C11H13NO/c1-8-7-10(8)11(13)12-9-5-3-2-4-6-9/h2-6,8,10H,7H2,1H3,(H,12,13)/t8-,10+/m1/s1. The van der Waals surface area contributed by atoms with Crippen LogP contribution in [0.4, 0.5) is 5.69 Å². The fourth-order valence-electron chi connectivity index (χ4n) is 1.44. The van der Waals surface area contributed by atoms with Crippen molar-refractivity contribution in [2.24, 2.45) is 11.8 Å². The van der Waals surface area contributed by atoms with Gasteiger partial charge in [0.05, 0.1) is 0 Å². The summed E-state index contributed by atoms with van der Waals surface area (Å²) in [4.78, 5) is 11.5. The highest BCUT2D eigenvalue weighted by Crippen LogP contribution is 2.38. The molecular formula is C11H13NO. The number of nitrogens with one attached hydrogen (secondary N) is 1. The zero-order valence-corrected chi connectivity index (χ0v) is 7.66. The predicted molar refractivity (Wildman–Crippen MR) is 52.3 cm³/mol. The van der Waals surface area contributed by atoms with Gasteiger partial charge >= 0.3 is 0 Å². The Hall–Kier alpha value is -1.31. The van der Waals surface area contributed by atoms with E-state index in [9.17, 15) is 4.79 Å². The first-order chi connectivity index (χ1) is 6.27. The van der Waals surface area contributed by atoms with Crippen LogP contribution in [0.3, 0.4) is 0 Å². The summed E-state index contributed by atoms with van der Waals surface area (Å²) in [6.07, 6.45) is 1.04. The lowest BCUT2D eigenvalue weighted by Gasteiger charge is -2.02. The van der Waals surface area contributed by atoms with E-state index >= 15 is 0 Å². The molecule has 1 N–H and O–H groups in total. The number of benzene rings is 1. The number of carbonyl (C=O) groups is 1. The highest BCUT2D eigenvalue weighted by Gasteiger charge is 2.38. The minimum Gasteiger partial charge on any atom is -0.326 e. The maximum absolute atomic E-state index is 11.5. The Morgan fingerprint density at radius 3 is 2.54 bits per heavy atom. The van der Waals surface area contributed by atoms with Crippen LogP contribution in [0.25, 0.3) is 0 Å². The van der Waals surface area contributed by atoms with Gasteiger partial charge in [-0.25, -0.2) is 0 Å². The van der Waals surface area contributed by atoms with Crippen LogP contribution in [-0.2, 0) is 4.79 Å². The number of carbonyl (C=O) groups excluding carboxylic acids is 1. The maximum atomic E-state index is 11.5. The van der Waals surface area contributed by atoms with Gasteiger partial charge in [0.25, 0.3) is 0 Å². The van der Waals surface area contributed by atoms with E-state index in [2.05, 4.69) is 12.2 Å². The number of anilines is 1. The third kappa shape index (κ3) is 1.89. The fraction of sp³-hybridized carbons (Fsp3) is 0.364. The van der Waals surface area contributed by atoms with Crippen molar-refractivity contribution in [2.75, 3.05) is 5.32 Å². The van der Waals surface area contributed by atoms with Crippen LogP contribution in [0, 0.1) is 11.8 Å². The molecule has 0 bridgehead atoms. The van der Waals surface area contributed by atoms with E-state index in [0.717, 1.165) is 12.1 Å². The normalized spacial score (nSPS) is 25.3. The minimum atomic E-state index is 0.165. The Morgan fingerprint density at radius 2 is 2.00 bits per heavy atom. The van der Waals surface area contributed by atoms with Crippen molar-refractivity contribution < 1.29 is 4.79 Å². The molecular weight excluding hydrogens is 162 g/mol. The molecule has 1 saturated carbocycles. The molecule has 0 aliphatic heterocycles. The molecule has 0 saturated heterocycles. The topological polar surface area (TPSA) is 29.1 Å². The Balaban J connectivity index is 1.95. The second kappa shape index (κ2) is 3.21. The lowest BCUT2D eigenvalue weighted by atomic mass is 10.3. The van der Waals surface area contributed by atoms with Crippen molar-refractivity contribution in [3.8, 4) is 0 Å². The van der Waals surface area contributed by atoms with Gasteiger partial charge in [0.2, 0.25) is 5.91 Å². The molecule has 2 nitrogen and oxygen atoms in total. The molecule has 1 amide bonds. The largest absolute Gasteiger partial charge is 0.326 e. The van der Waals surface area contributed by atoms with Crippen molar-refractivity contribution >= 4 is 11.6 Å². The van der Waals surface area contributed by atoms with E-state index in [1.807, 2.05) is 30.3 Å². The zero-order chi connectivity index (χ0) is 9.26. The van der Waals surface area contributed by atoms with Crippen LogP contribution >= 0.6 is 0 Å². The van der Waals surface area contributed by atoms with Gasteiger partial charge in [0, 0.05) is 11.6 Å². The van der Waals surface area contributed by atoms with E-state index < -0.39 is 0 Å². The highest BCUT2D eigenvalue weighted by atomic mass is 16.2. The molecule has 0 heterocycles. The minimum absolute atomic E-state index is 0.165. The van der Waals surface area contributed by atoms with Gasteiger partial charge in [-0.15, -0.1) is 0 Å². The SMILES string of the molecule is C[C@@H]1C[C@@H]1C(=O)Nc1ccccc1. The molecule has 13 heavy (non-hydrogen) atoms. The average Bonchev–Trinajstić information content (AvgIpc) is 2.84. The van der Waals surface area contributed by atoms with E-state index in [4.69, 9.17) is 0 Å². The number of hydrogen-bond donors (Lipinski definition) is 1. The van der Waals surface area contributed by atoms with E-state index in [-0.39, 0.29) is 11.8 Å². The summed E-state index contributed by atoms with van der Waals surface area (Å²) >= 11 is 0. The van der Waals surface area contributed by atoms with Crippen LogP contribution in [0.15, 0.2) is 30.3 Å². The third-order valence-electron chi connectivity index (χ3n) is 2.49. The molecule has 1 aliphatic rings. The van der Waals surface area contributed by atoms with Gasteiger partial charge in [-0.2, -0.15) is 0 Å². The quantitative estimate of drug-likeness (QED) is 0.734. The van der Waals surface area contributed by atoms with Crippen molar-refractivity contribution in [3.05, 3.63) is 30.3 Å². The number of para-hydroxylation sites is 1. The molecule has 1 aliphatic carbocycles. The van der Waals surface area contributed by atoms with Gasteiger partial charge < -0.3 is 5.32 Å². The molecule has 2 rings (SSSR count). The molecule has 0 spiro atoms. The Morgan fingerprint density at radius 1 is 1.38 bits per heavy atom. The summed E-state index contributed by atoms with van der Waals surface area (Å²) < 4.78 is 0. The van der Waals surface area contributed by atoms with Gasteiger partial charge in [-0.3, -0.25) is 4.79 Å². The average molecular weight is 175 g/mol. The first-order valence-electron chi connectivity index (χ1n) is 4.63. The summed E-state index contributed by atoms with van der Waals surface area (Å²) in [6, 6.07) is 9.60. The molecule has 0 aromatic heterocycles. The van der Waals surface area contributed by atoms with E-state index in [1.165, 1.54) is 0 Å². The van der Waals surface area contributed by atoms with Gasteiger partial charge in [-0.1, -0.05) is 25.1 Å². The van der Waals surface area contributed by atoms with Crippen molar-refractivity contribution in [1.29, 1.82) is 0 Å². The number of hydrogen-bond acceptors (Lipinski definition) is 1. The lowest BCUT2D eigenvalue weighted by molar-refractivity contribution is -0.117. The monoisotopic (exact) mass is 175 g/mol. The van der Waals surface area contributed by atoms with Crippen LogP contribution in [0.1, 0.15) is 13.3 Å². The van der Waals surface area contributed by atoms with Gasteiger partial charge in [0.15, 0.2) is 0 Å². The molecule has 1 aromatic rings. The number of rotatable bonds is 2. The summed E-state index contributed by atoms with van der Waals surface area (Å²) in [7, 11) is 0. The highest BCUT2D eigenvalue weighted by molar-refractivity contribution is 5.94.